The Balaban J connectivity index is 1.76. The van der Waals surface area contributed by atoms with E-state index in [-0.39, 0.29) is 12.0 Å². The molecule has 0 aliphatic carbocycles. The van der Waals surface area contributed by atoms with Crippen LogP contribution in [0.2, 0.25) is 0 Å². The molecule has 4 rings (SSSR count). The van der Waals surface area contributed by atoms with Gasteiger partial charge in [0, 0.05) is 30.8 Å². The molecule has 4 heteroatoms. The highest BCUT2D eigenvalue weighted by molar-refractivity contribution is 5.88. The maximum Gasteiger partial charge on any atom is 0.220 e. The van der Waals surface area contributed by atoms with Crippen LogP contribution in [0, 0.1) is 6.92 Å². The third-order valence-electron chi connectivity index (χ3n) is 5.22. The maximum absolute atomic E-state index is 11.7. The van der Waals surface area contributed by atoms with E-state index >= 15 is 0 Å². The van der Waals surface area contributed by atoms with E-state index in [4.69, 9.17) is 9.72 Å². The summed E-state index contributed by atoms with van der Waals surface area (Å²) >= 11 is 0. The average Bonchev–Trinajstić information content (AvgIpc) is 3.05. The van der Waals surface area contributed by atoms with E-state index in [1.54, 1.807) is 7.05 Å². The van der Waals surface area contributed by atoms with Crippen LogP contribution in [-0.2, 0) is 17.6 Å². The molecule has 1 aliphatic heterocycles. The van der Waals surface area contributed by atoms with Crippen LogP contribution in [0.15, 0.2) is 42.5 Å². The number of aryl methyl sites for hydroxylation is 2. The first-order valence-electron chi connectivity index (χ1n) is 9.45. The number of rotatable bonds is 4. The van der Waals surface area contributed by atoms with Crippen molar-refractivity contribution >= 4 is 16.8 Å². The summed E-state index contributed by atoms with van der Waals surface area (Å²) in [5.74, 6) is 1.03. The van der Waals surface area contributed by atoms with E-state index in [9.17, 15) is 4.79 Å². The van der Waals surface area contributed by atoms with E-state index in [2.05, 4.69) is 49.5 Å². The van der Waals surface area contributed by atoms with Crippen molar-refractivity contribution in [3.8, 4) is 17.0 Å². The molecule has 1 unspecified atom stereocenters. The highest BCUT2D eigenvalue weighted by Gasteiger charge is 2.19. The van der Waals surface area contributed by atoms with Gasteiger partial charge in [0.1, 0.15) is 11.9 Å². The lowest BCUT2D eigenvalue weighted by molar-refractivity contribution is -0.120. The van der Waals surface area contributed by atoms with Crippen LogP contribution in [0.5, 0.6) is 5.75 Å². The Kier molecular flexibility index (Phi) is 4.56. The van der Waals surface area contributed by atoms with Crippen LogP contribution in [0.3, 0.4) is 0 Å². The second kappa shape index (κ2) is 7.03. The molecule has 1 amide bonds. The zero-order chi connectivity index (χ0) is 19.0. The van der Waals surface area contributed by atoms with Crippen molar-refractivity contribution in [3.05, 3.63) is 59.2 Å². The molecule has 1 aliphatic rings. The molecule has 2 heterocycles. The molecule has 0 spiro atoms. The molecule has 1 N–H and O–H groups in total. The number of benzene rings is 2. The Morgan fingerprint density at radius 2 is 2.11 bits per heavy atom. The van der Waals surface area contributed by atoms with Gasteiger partial charge in [-0.3, -0.25) is 4.79 Å². The van der Waals surface area contributed by atoms with Gasteiger partial charge in [-0.15, -0.1) is 0 Å². The number of amides is 1. The predicted octanol–water partition coefficient (Wildman–Crippen LogP) is 4.21. The number of fused-ring (bicyclic) bond motifs is 2. The van der Waals surface area contributed by atoms with Crippen molar-refractivity contribution in [2.75, 3.05) is 7.05 Å². The Labute approximate surface area is 159 Å². The second-order valence-electron chi connectivity index (χ2n) is 7.27. The van der Waals surface area contributed by atoms with Crippen molar-refractivity contribution < 1.29 is 9.53 Å². The maximum atomic E-state index is 11.7. The van der Waals surface area contributed by atoms with Crippen LogP contribution in [0.4, 0.5) is 0 Å². The van der Waals surface area contributed by atoms with Crippen LogP contribution in [0.1, 0.15) is 30.0 Å². The summed E-state index contributed by atoms with van der Waals surface area (Å²) < 4.78 is 5.82. The molecule has 0 saturated heterocycles. The van der Waals surface area contributed by atoms with Gasteiger partial charge in [-0.05, 0) is 61.2 Å². The van der Waals surface area contributed by atoms with E-state index in [1.807, 2.05) is 12.1 Å². The van der Waals surface area contributed by atoms with Gasteiger partial charge in [-0.1, -0.05) is 18.2 Å². The summed E-state index contributed by atoms with van der Waals surface area (Å²) in [4.78, 5) is 16.7. The van der Waals surface area contributed by atoms with Crippen molar-refractivity contribution in [2.45, 2.75) is 39.2 Å². The third-order valence-corrected chi connectivity index (χ3v) is 5.22. The highest BCUT2D eigenvalue weighted by Crippen LogP contribution is 2.34. The highest BCUT2D eigenvalue weighted by atomic mass is 16.5. The molecule has 1 atom stereocenters. The fourth-order valence-corrected chi connectivity index (χ4v) is 3.78. The molecular formula is C23H24N2O2. The summed E-state index contributed by atoms with van der Waals surface area (Å²) in [6, 6.07) is 14.7. The smallest absolute Gasteiger partial charge is 0.220 e. The Morgan fingerprint density at radius 3 is 2.93 bits per heavy atom. The van der Waals surface area contributed by atoms with Crippen molar-refractivity contribution in [2.24, 2.45) is 0 Å². The predicted molar refractivity (Wildman–Crippen MR) is 108 cm³/mol. The molecule has 4 nitrogen and oxygen atoms in total. The molecule has 0 bridgehead atoms. The Hall–Kier alpha value is -2.88. The van der Waals surface area contributed by atoms with Gasteiger partial charge in [-0.25, -0.2) is 4.98 Å². The van der Waals surface area contributed by atoms with Gasteiger partial charge in [0.05, 0.1) is 11.2 Å². The summed E-state index contributed by atoms with van der Waals surface area (Å²) in [5.41, 5.74) is 6.61. The molecule has 0 saturated carbocycles. The molecule has 0 fully saturated rings. The minimum Gasteiger partial charge on any atom is -0.490 e. The summed E-state index contributed by atoms with van der Waals surface area (Å²) in [6.07, 6.45) is 2.32. The molecular weight excluding hydrogens is 336 g/mol. The number of nitrogens with zero attached hydrogens (tertiary/aromatic N) is 1. The fourth-order valence-electron chi connectivity index (χ4n) is 3.78. The van der Waals surface area contributed by atoms with Gasteiger partial charge >= 0.3 is 0 Å². The number of carbonyl (C=O) groups is 1. The largest absolute Gasteiger partial charge is 0.490 e. The number of nitrogens with one attached hydrogen (secondary N) is 1. The number of hydrogen-bond donors (Lipinski definition) is 1. The fraction of sp³-hybridized carbons (Fsp3) is 0.304. The monoisotopic (exact) mass is 360 g/mol. The Bertz CT molecular complexity index is 1030. The lowest BCUT2D eigenvalue weighted by atomic mass is 9.99. The molecule has 27 heavy (non-hydrogen) atoms. The van der Waals surface area contributed by atoms with Crippen molar-refractivity contribution in [3.63, 3.8) is 0 Å². The number of carbonyl (C=O) groups excluding carboxylic acids is 1. The van der Waals surface area contributed by atoms with Gasteiger partial charge in [-0.2, -0.15) is 0 Å². The lowest BCUT2D eigenvalue weighted by Crippen LogP contribution is -2.18. The van der Waals surface area contributed by atoms with E-state index in [0.717, 1.165) is 39.9 Å². The molecule has 0 radical (unpaired) electrons. The summed E-state index contributed by atoms with van der Waals surface area (Å²) in [5, 5.41) is 3.83. The normalized spacial score (nSPS) is 15.4. The minimum atomic E-state index is 0.0487. The minimum absolute atomic E-state index is 0.0487. The van der Waals surface area contributed by atoms with Crippen molar-refractivity contribution in [1.82, 2.24) is 10.3 Å². The van der Waals surface area contributed by atoms with Crippen LogP contribution < -0.4 is 10.1 Å². The van der Waals surface area contributed by atoms with Gasteiger partial charge in [0.25, 0.3) is 0 Å². The molecule has 2 aromatic carbocycles. The van der Waals surface area contributed by atoms with E-state index in [1.165, 1.54) is 11.1 Å². The molecule has 138 valence electrons. The summed E-state index contributed by atoms with van der Waals surface area (Å²) in [6.45, 7) is 4.21. The lowest BCUT2D eigenvalue weighted by Gasteiger charge is -2.11. The first kappa shape index (κ1) is 17.5. The topological polar surface area (TPSA) is 51.2 Å². The molecule has 3 aromatic rings. The first-order valence-corrected chi connectivity index (χ1v) is 9.45. The number of hydrogen-bond acceptors (Lipinski definition) is 3. The first-order chi connectivity index (χ1) is 13.0. The molecule has 1 aromatic heterocycles. The number of para-hydroxylation sites is 1. The Morgan fingerprint density at radius 1 is 1.26 bits per heavy atom. The average molecular weight is 360 g/mol. The standard InChI is InChI=1S/C23H24N2O2/c1-14-11-20(17-7-9-21-18(13-17)12-15(2)27-21)25-23-16(5-4-6-19(14)23)8-10-22(26)24-3/h4-7,9,11,13,15H,8,10,12H2,1-3H3,(H,24,26). The number of pyridine rings is 1. The van der Waals surface area contributed by atoms with Gasteiger partial charge < -0.3 is 10.1 Å². The SMILES string of the molecule is CNC(=O)CCc1cccc2c(C)cc(-c3ccc4c(c3)CC(C)O4)nc12. The van der Waals surface area contributed by atoms with Crippen LogP contribution >= 0.6 is 0 Å². The zero-order valence-electron chi connectivity index (χ0n) is 16.0. The van der Waals surface area contributed by atoms with E-state index in [0.29, 0.717) is 12.8 Å². The van der Waals surface area contributed by atoms with Crippen LogP contribution in [-0.4, -0.2) is 24.0 Å². The van der Waals surface area contributed by atoms with Gasteiger partial charge in [0.15, 0.2) is 0 Å². The third kappa shape index (κ3) is 3.39. The zero-order valence-corrected chi connectivity index (χ0v) is 16.0. The van der Waals surface area contributed by atoms with E-state index < -0.39 is 0 Å². The van der Waals surface area contributed by atoms with Gasteiger partial charge in [0.2, 0.25) is 5.91 Å². The number of ether oxygens (including phenoxy) is 1. The second-order valence-corrected chi connectivity index (χ2v) is 7.27. The van der Waals surface area contributed by atoms with Crippen molar-refractivity contribution in [1.29, 1.82) is 0 Å². The summed E-state index contributed by atoms with van der Waals surface area (Å²) in [7, 11) is 1.67. The van der Waals surface area contributed by atoms with Crippen LogP contribution in [0.25, 0.3) is 22.2 Å². The quantitative estimate of drug-likeness (QED) is 0.758. The number of aromatic nitrogens is 1.